The highest BCUT2D eigenvalue weighted by Crippen LogP contribution is 2.34. The van der Waals surface area contributed by atoms with Crippen LogP contribution in [0.5, 0.6) is 0 Å². The van der Waals surface area contributed by atoms with Crippen molar-refractivity contribution >= 4 is 23.2 Å². The molecule has 1 aliphatic heterocycles. The van der Waals surface area contributed by atoms with Gasteiger partial charge in [-0.05, 0) is 37.3 Å². The van der Waals surface area contributed by atoms with Crippen LogP contribution in [0.25, 0.3) is 0 Å². The number of hydrogen-bond acceptors (Lipinski definition) is 4. The summed E-state index contributed by atoms with van der Waals surface area (Å²) in [6.07, 6.45) is 4.76. The number of likely N-dealkylation sites (tertiary alicyclic amines) is 1. The van der Waals surface area contributed by atoms with E-state index in [2.05, 4.69) is 11.8 Å². The number of thiophene rings is 1. The van der Waals surface area contributed by atoms with E-state index < -0.39 is 36.4 Å². The molecule has 0 aliphatic carbocycles. The van der Waals surface area contributed by atoms with Crippen LogP contribution in [0.4, 0.5) is 8.78 Å². The Morgan fingerprint density at radius 2 is 2.16 bits per heavy atom. The van der Waals surface area contributed by atoms with Crippen molar-refractivity contribution in [3.63, 3.8) is 0 Å². The minimum absolute atomic E-state index is 0.137. The molecule has 1 aliphatic rings. The second-order valence-electron chi connectivity index (χ2n) is 7.81. The van der Waals surface area contributed by atoms with Gasteiger partial charge in [-0.2, -0.15) is 8.78 Å². The van der Waals surface area contributed by atoms with E-state index in [0.717, 1.165) is 34.0 Å². The predicted molar refractivity (Wildman–Crippen MR) is 116 cm³/mol. The Hall–Kier alpha value is -2.24. The zero-order chi connectivity index (χ0) is 23.0. The molecule has 1 aromatic rings. The number of aliphatic hydroxyl groups is 1. The maximum Gasteiger partial charge on any atom is 0.345 e. The van der Waals surface area contributed by atoms with Crippen molar-refractivity contribution in [1.82, 2.24) is 4.90 Å². The standard InChI is InChI=1S/C23H29F2NO4S/c1-3-4-5-6-8-16(2)19(27)12-10-17-15-23(24,25)22(30)26(17)14-7-9-18-11-13-20(31-18)21(28)29/h10-13,16-17,19,27H,3-4,7-9,14-15H2,1-2H3,(H,28,29)/b12-10+/t16-,17?,19+/m0/s1. The van der Waals surface area contributed by atoms with Gasteiger partial charge in [-0.1, -0.05) is 26.0 Å². The first-order chi connectivity index (χ1) is 14.7. The first kappa shape index (κ1) is 25.0. The molecule has 0 bridgehead atoms. The molecule has 1 saturated heterocycles. The highest BCUT2D eigenvalue weighted by Gasteiger charge is 2.52. The van der Waals surface area contributed by atoms with Gasteiger partial charge < -0.3 is 15.1 Å². The van der Waals surface area contributed by atoms with Crippen LogP contribution in [-0.2, 0) is 11.2 Å². The van der Waals surface area contributed by atoms with Gasteiger partial charge in [0.2, 0.25) is 0 Å². The molecule has 31 heavy (non-hydrogen) atoms. The smallest absolute Gasteiger partial charge is 0.345 e. The van der Waals surface area contributed by atoms with Gasteiger partial charge in [-0.3, -0.25) is 4.79 Å². The van der Waals surface area contributed by atoms with E-state index in [1.165, 1.54) is 18.2 Å². The molecule has 0 aromatic carbocycles. The summed E-state index contributed by atoms with van der Waals surface area (Å²) in [5, 5.41) is 19.3. The number of aliphatic hydroxyl groups excluding tert-OH is 1. The fraction of sp³-hybridized carbons (Fsp3) is 0.565. The first-order valence-corrected chi connectivity index (χ1v) is 11.3. The van der Waals surface area contributed by atoms with Crippen LogP contribution in [0.15, 0.2) is 24.3 Å². The fourth-order valence-electron chi connectivity index (χ4n) is 3.31. The SMILES string of the molecule is CCCC#CC[C@H](C)[C@H](O)/C=C/C1CC(F)(F)C(=O)N1CCCc1ccc(C(=O)O)s1. The molecule has 3 atom stereocenters. The van der Waals surface area contributed by atoms with E-state index in [1.807, 2.05) is 13.8 Å². The van der Waals surface area contributed by atoms with Crippen molar-refractivity contribution in [2.24, 2.45) is 5.92 Å². The van der Waals surface area contributed by atoms with Gasteiger partial charge >= 0.3 is 11.9 Å². The first-order valence-electron chi connectivity index (χ1n) is 10.5. The van der Waals surface area contributed by atoms with Crippen LogP contribution in [0.2, 0.25) is 0 Å². The highest BCUT2D eigenvalue weighted by molar-refractivity contribution is 7.13. The molecule has 0 saturated carbocycles. The number of carboxylic acid groups (broad SMARTS) is 1. The molecule has 2 N–H and O–H groups in total. The molecule has 2 heterocycles. The number of nitrogens with zero attached hydrogens (tertiary/aromatic N) is 1. The van der Waals surface area contributed by atoms with Crippen LogP contribution in [0.1, 0.15) is 60.5 Å². The number of carbonyl (C=O) groups excluding carboxylic acids is 1. The van der Waals surface area contributed by atoms with E-state index in [9.17, 15) is 23.5 Å². The van der Waals surface area contributed by atoms with Gasteiger partial charge in [-0.15, -0.1) is 23.2 Å². The van der Waals surface area contributed by atoms with Crippen molar-refractivity contribution in [3.05, 3.63) is 34.0 Å². The highest BCUT2D eigenvalue weighted by atomic mass is 32.1. The minimum atomic E-state index is -3.42. The van der Waals surface area contributed by atoms with E-state index in [1.54, 1.807) is 6.07 Å². The molecule has 8 heteroatoms. The zero-order valence-electron chi connectivity index (χ0n) is 17.8. The topological polar surface area (TPSA) is 77.8 Å². The summed E-state index contributed by atoms with van der Waals surface area (Å²) < 4.78 is 28.1. The molecule has 0 spiro atoms. The van der Waals surface area contributed by atoms with Crippen molar-refractivity contribution < 1.29 is 28.6 Å². The summed E-state index contributed by atoms with van der Waals surface area (Å²) >= 11 is 1.14. The Morgan fingerprint density at radius 3 is 2.81 bits per heavy atom. The molecule has 2 rings (SSSR count). The van der Waals surface area contributed by atoms with Gasteiger partial charge in [-0.25, -0.2) is 4.79 Å². The lowest BCUT2D eigenvalue weighted by atomic mass is 9.99. The molecule has 1 fully saturated rings. The van der Waals surface area contributed by atoms with Gasteiger partial charge in [0.15, 0.2) is 0 Å². The van der Waals surface area contributed by atoms with E-state index in [-0.39, 0.29) is 17.3 Å². The largest absolute Gasteiger partial charge is 0.477 e. The third-order valence-corrected chi connectivity index (χ3v) is 6.30. The molecular formula is C23H29F2NO4S. The Balaban J connectivity index is 1.95. The number of carbonyl (C=O) groups is 2. The Kier molecular flexibility index (Phi) is 9.20. The molecule has 1 unspecified atom stereocenters. The van der Waals surface area contributed by atoms with Crippen LogP contribution in [-0.4, -0.2) is 51.6 Å². The maximum atomic E-state index is 14.0. The van der Waals surface area contributed by atoms with Gasteiger partial charge in [0.25, 0.3) is 5.91 Å². The summed E-state index contributed by atoms with van der Waals surface area (Å²) in [4.78, 5) is 25.3. The summed E-state index contributed by atoms with van der Waals surface area (Å²) in [5.74, 6) is 0.263. The van der Waals surface area contributed by atoms with Gasteiger partial charge in [0, 0.05) is 30.7 Å². The number of rotatable bonds is 10. The lowest BCUT2D eigenvalue weighted by molar-refractivity contribution is -0.148. The minimum Gasteiger partial charge on any atom is -0.477 e. The number of amides is 1. The van der Waals surface area contributed by atoms with E-state index >= 15 is 0 Å². The molecule has 0 radical (unpaired) electrons. The Morgan fingerprint density at radius 1 is 1.42 bits per heavy atom. The van der Waals surface area contributed by atoms with Crippen molar-refractivity contribution in [2.75, 3.05) is 6.54 Å². The Bertz CT molecular complexity index is 855. The average molecular weight is 454 g/mol. The normalized spacial score (nSPS) is 20.0. The Labute approximate surface area is 185 Å². The van der Waals surface area contributed by atoms with Gasteiger partial charge in [0.1, 0.15) is 4.88 Å². The second kappa shape index (κ2) is 11.4. The third kappa shape index (κ3) is 7.15. The molecule has 5 nitrogen and oxygen atoms in total. The molecule has 1 amide bonds. The lowest BCUT2D eigenvalue weighted by Crippen LogP contribution is -2.36. The maximum absolute atomic E-state index is 14.0. The predicted octanol–water partition coefficient (Wildman–Crippen LogP) is 4.36. The monoisotopic (exact) mass is 453 g/mol. The van der Waals surface area contributed by atoms with E-state index in [4.69, 9.17) is 5.11 Å². The molecule has 1 aromatic heterocycles. The molecule has 170 valence electrons. The lowest BCUT2D eigenvalue weighted by Gasteiger charge is -2.22. The number of aryl methyl sites for hydroxylation is 1. The fourth-order valence-corrected chi connectivity index (χ4v) is 4.20. The number of halogens is 2. The number of hydrogen-bond donors (Lipinski definition) is 2. The summed E-state index contributed by atoms with van der Waals surface area (Å²) in [6, 6.07) is 2.43. The number of unbranched alkanes of at least 4 members (excludes halogenated alkanes) is 1. The van der Waals surface area contributed by atoms with Crippen molar-refractivity contribution in [1.29, 1.82) is 0 Å². The average Bonchev–Trinajstić information content (AvgIpc) is 3.27. The van der Waals surface area contributed by atoms with E-state index in [0.29, 0.717) is 19.3 Å². The van der Waals surface area contributed by atoms with Crippen LogP contribution < -0.4 is 0 Å². The number of carboxylic acids is 1. The van der Waals surface area contributed by atoms with Crippen LogP contribution in [0.3, 0.4) is 0 Å². The summed E-state index contributed by atoms with van der Waals surface area (Å²) in [7, 11) is 0. The quantitative estimate of drug-likeness (QED) is 0.408. The van der Waals surface area contributed by atoms with Crippen molar-refractivity contribution in [2.45, 2.75) is 70.4 Å². The van der Waals surface area contributed by atoms with Crippen LogP contribution in [0, 0.1) is 17.8 Å². The molecular weight excluding hydrogens is 424 g/mol. The number of alkyl halides is 2. The summed E-state index contributed by atoms with van der Waals surface area (Å²) in [5.41, 5.74) is 0. The van der Waals surface area contributed by atoms with Crippen LogP contribution >= 0.6 is 11.3 Å². The number of aromatic carboxylic acids is 1. The zero-order valence-corrected chi connectivity index (χ0v) is 18.6. The van der Waals surface area contributed by atoms with Crippen molar-refractivity contribution in [3.8, 4) is 11.8 Å². The van der Waals surface area contributed by atoms with Gasteiger partial charge in [0.05, 0.1) is 12.1 Å². The second-order valence-corrected chi connectivity index (χ2v) is 8.98. The third-order valence-electron chi connectivity index (χ3n) is 5.17. The summed E-state index contributed by atoms with van der Waals surface area (Å²) in [6.45, 7) is 4.01.